The van der Waals surface area contributed by atoms with Crippen molar-refractivity contribution in [1.82, 2.24) is 4.90 Å². The molecule has 0 radical (unpaired) electrons. The Hall–Kier alpha value is -2.08. The molecule has 5 nitrogen and oxygen atoms in total. The molecule has 0 saturated heterocycles. The lowest BCUT2D eigenvalue weighted by Gasteiger charge is -2.25. The Morgan fingerprint density at radius 3 is 2.62 bits per heavy atom. The van der Waals surface area contributed by atoms with E-state index < -0.39 is 6.10 Å². The summed E-state index contributed by atoms with van der Waals surface area (Å²) in [5, 5.41) is 10.4. The molecule has 0 heterocycles. The Labute approximate surface area is 156 Å². The smallest absolute Gasteiger partial charge is 0.122 e. The van der Waals surface area contributed by atoms with Crippen LogP contribution in [0.5, 0.6) is 11.5 Å². The van der Waals surface area contributed by atoms with Crippen molar-refractivity contribution in [2.75, 3.05) is 40.5 Å². The van der Waals surface area contributed by atoms with Gasteiger partial charge in [-0.1, -0.05) is 30.3 Å². The number of methoxy groups -OCH3 is 2. The molecule has 0 spiro atoms. The number of ether oxygens (including phenoxy) is 3. The zero-order chi connectivity index (χ0) is 18.8. The van der Waals surface area contributed by atoms with Crippen LogP contribution in [0.3, 0.4) is 0 Å². The van der Waals surface area contributed by atoms with Crippen LogP contribution in [0.15, 0.2) is 48.5 Å². The van der Waals surface area contributed by atoms with Crippen LogP contribution in [-0.2, 0) is 11.3 Å². The van der Waals surface area contributed by atoms with Gasteiger partial charge in [-0.3, -0.25) is 4.90 Å². The van der Waals surface area contributed by atoms with E-state index in [1.165, 1.54) is 0 Å². The highest BCUT2D eigenvalue weighted by molar-refractivity contribution is 5.31. The van der Waals surface area contributed by atoms with Crippen LogP contribution >= 0.6 is 0 Å². The third-order valence-corrected chi connectivity index (χ3v) is 4.15. The molecule has 2 aromatic rings. The van der Waals surface area contributed by atoms with Crippen molar-refractivity contribution in [1.29, 1.82) is 0 Å². The fourth-order valence-corrected chi connectivity index (χ4v) is 2.74. The highest BCUT2D eigenvalue weighted by Crippen LogP contribution is 2.17. The van der Waals surface area contributed by atoms with Gasteiger partial charge < -0.3 is 19.3 Å². The molecule has 1 N–H and O–H groups in total. The van der Waals surface area contributed by atoms with Crippen molar-refractivity contribution in [3.63, 3.8) is 0 Å². The minimum absolute atomic E-state index is 0.256. The van der Waals surface area contributed by atoms with Crippen molar-refractivity contribution < 1.29 is 19.3 Å². The molecular formula is C21H29NO4. The van der Waals surface area contributed by atoms with E-state index in [9.17, 15) is 5.11 Å². The van der Waals surface area contributed by atoms with Gasteiger partial charge in [0.25, 0.3) is 0 Å². The topological polar surface area (TPSA) is 51.2 Å². The molecule has 0 aromatic heterocycles. The molecule has 0 unspecified atom stereocenters. The van der Waals surface area contributed by atoms with E-state index in [-0.39, 0.29) is 6.61 Å². The Bertz CT molecular complexity index is 662. The van der Waals surface area contributed by atoms with Crippen molar-refractivity contribution in [3.8, 4) is 11.5 Å². The second kappa shape index (κ2) is 10.8. The lowest BCUT2D eigenvalue weighted by atomic mass is 10.2. The molecule has 0 bridgehead atoms. The molecular weight excluding hydrogens is 330 g/mol. The quantitative estimate of drug-likeness (QED) is 0.669. The zero-order valence-corrected chi connectivity index (χ0v) is 15.9. The summed E-state index contributed by atoms with van der Waals surface area (Å²) in [4.78, 5) is 2.16. The van der Waals surface area contributed by atoms with Gasteiger partial charge in [-0.25, -0.2) is 0 Å². The van der Waals surface area contributed by atoms with E-state index in [0.717, 1.165) is 29.2 Å². The maximum Gasteiger partial charge on any atom is 0.122 e. The van der Waals surface area contributed by atoms with Gasteiger partial charge in [0.1, 0.15) is 24.2 Å². The van der Waals surface area contributed by atoms with Crippen LogP contribution in [0.1, 0.15) is 11.1 Å². The van der Waals surface area contributed by atoms with Crippen molar-refractivity contribution in [2.45, 2.75) is 19.6 Å². The fourth-order valence-electron chi connectivity index (χ4n) is 2.74. The van der Waals surface area contributed by atoms with Crippen molar-refractivity contribution >= 4 is 0 Å². The third kappa shape index (κ3) is 6.67. The van der Waals surface area contributed by atoms with Crippen molar-refractivity contribution in [3.05, 3.63) is 59.7 Å². The molecule has 1 atom stereocenters. The van der Waals surface area contributed by atoms with E-state index in [4.69, 9.17) is 14.2 Å². The molecule has 0 aliphatic rings. The number of hydrogen-bond acceptors (Lipinski definition) is 5. The van der Waals surface area contributed by atoms with Crippen LogP contribution in [-0.4, -0.2) is 56.6 Å². The maximum absolute atomic E-state index is 10.4. The van der Waals surface area contributed by atoms with Crippen LogP contribution in [0.2, 0.25) is 0 Å². The van der Waals surface area contributed by atoms with E-state index in [1.54, 1.807) is 14.2 Å². The third-order valence-electron chi connectivity index (χ3n) is 4.15. The van der Waals surface area contributed by atoms with E-state index >= 15 is 0 Å². The number of rotatable bonds is 11. The highest BCUT2D eigenvalue weighted by Gasteiger charge is 2.14. The normalized spacial score (nSPS) is 12.2. The Balaban J connectivity index is 1.92. The van der Waals surface area contributed by atoms with Gasteiger partial charge in [0.15, 0.2) is 0 Å². The first-order chi connectivity index (χ1) is 12.6. The molecule has 5 heteroatoms. The number of benzene rings is 2. The summed E-state index contributed by atoms with van der Waals surface area (Å²) in [6, 6.07) is 15.8. The Morgan fingerprint density at radius 1 is 1.08 bits per heavy atom. The molecule has 0 aliphatic heterocycles. The van der Waals surface area contributed by atoms with Crippen LogP contribution < -0.4 is 9.47 Å². The first kappa shape index (κ1) is 20.2. The number of para-hydroxylation sites is 1. The lowest BCUT2D eigenvalue weighted by Crippen LogP contribution is -2.37. The molecule has 2 rings (SSSR count). The largest absolute Gasteiger partial charge is 0.497 e. The number of aliphatic hydroxyl groups is 1. The van der Waals surface area contributed by atoms with Gasteiger partial charge in [0.05, 0.1) is 13.7 Å². The molecule has 0 saturated carbocycles. The standard InChI is InChI=1S/C21H29NO4/c1-17-7-4-5-10-21(17)26-16-19(23)15-22(11-12-24-2)14-18-8-6-9-20(13-18)25-3/h4-10,13,19,23H,11-12,14-16H2,1-3H3/t19-/m1/s1. The van der Waals surface area contributed by atoms with Crippen molar-refractivity contribution in [2.24, 2.45) is 0 Å². The summed E-state index contributed by atoms with van der Waals surface area (Å²) >= 11 is 0. The summed E-state index contributed by atoms with van der Waals surface area (Å²) in [5.74, 6) is 1.64. The van der Waals surface area contributed by atoms with Gasteiger partial charge >= 0.3 is 0 Å². The second-order valence-corrected chi connectivity index (χ2v) is 6.31. The molecule has 26 heavy (non-hydrogen) atoms. The summed E-state index contributed by atoms with van der Waals surface area (Å²) in [5.41, 5.74) is 2.19. The van der Waals surface area contributed by atoms with Crippen LogP contribution in [0, 0.1) is 6.92 Å². The van der Waals surface area contributed by atoms with E-state index in [0.29, 0.717) is 19.7 Å². The van der Waals surface area contributed by atoms with Gasteiger partial charge in [-0.15, -0.1) is 0 Å². The molecule has 0 amide bonds. The zero-order valence-electron chi connectivity index (χ0n) is 15.9. The van der Waals surface area contributed by atoms with Gasteiger partial charge in [0.2, 0.25) is 0 Å². The number of nitrogens with zero attached hydrogens (tertiary/aromatic N) is 1. The van der Waals surface area contributed by atoms with Gasteiger partial charge in [0, 0.05) is 26.7 Å². The fraction of sp³-hybridized carbons (Fsp3) is 0.429. The minimum atomic E-state index is -0.586. The lowest BCUT2D eigenvalue weighted by molar-refractivity contribution is 0.0540. The number of aliphatic hydroxyl groups excluding tert-OH is 1. The molecule has 0 aliphatic carbocycles. The summed E-state index contributed by atoms with van der Waals surface area (Å²) in [6.07, 6.45) is -0.586. The monoisotopic (exact) mass is 359 g/mol. The van der Waals surface area contributed by atoms with Crippen LogP contribution in [0.25, 0.3) is 0 Å². The first-order valence-electron chi connectivity index (χ1n) is 8.83. The van der Waals surface area contributed by atoms with Crippen LogP contribution in [0.4, 0.5) is 0 Å². The van der Waals surface area contributed by atoms with E-state index in [2.05, 4.69) is 11.0 Å². The molecule has 142 valence electrons. The van der Waals surface area contributed by atoms with E-state index in [1.807, 2.05) is 49.4 Å². The Kier molecular flexibility index (Phi) is 8.41. The maximum atomic E-state index is 10.4. The minimum Gasteiger partial charge on any atom is -0.497 e. The summed E-state index contributed by atoms with van der Waals surface area (Å²) in [6.45, 7) is 4.81. The predicted octanol–water partition coefficient (Wildman–Crippen LogP) is 2.89. The number of aryl methyl sites for hydroxylation is 1. The van der Waals surface area contributed by atoms with Gasteiger partial charge in [-0.05, 0) is 36.2 Å². The first-order valence-corrected chi connectivity index (χ1v) is 8.83. The summed E-state index contributed by atoms with van der Waals surface area (Å²) < 4.78 is 16.2. The predicted molar refractivity (Wildman–Crippen MR) is 103 cm³/mol. The highest BCUT2D eigenvalue weighted by atomic mass is 16.5. The Morgan fingerprint density at radius 2 is 1.88 bits per heavy atom. The summed E-state index contributed by atoms with van der Waals surface area (Å²) in [7, 11) is 3.34. The number of hydrogen-bond donors (Lipinski definition) is 1. The average molecular weight is 359 g/mol. The average Bonchev–Trinajstić information content (AvgIpc) is 2.65. The molecule has 2 aromatic carbocycles. The second-order valence-electron chi connectivity index (χ2n) is 6.31. The molecule has 0 fully saturated rings. The SMILES string of the molecule is COCCN(Cc1cccc(OC)c1)C[C@@H](O)COc1ccccc1C. The van der Waals surface area contributed by atoms with Gasteiger partial charge in [-0.2, -0.15) is 0 Å².